The third kappa shape index (κ3) is 16.5. The number of allylic oxidation sites excluding steroid dienone is 1. The van der Waals surface area contributed by atoms with Gasteiger partial charge in [0.05, 0.1) is 25.8 Å². The number of rotatable bonds is 22. The minimum absolute atomic E-state index is 0.114. The van der Waals surface area contributed by atoms with Crippen molar-refractivity contribution in [1.82, 2.24) is 4.98 Å². The van der Waals surface area contributed by atoms with Gasteiger partial charge in [-0.2, -0.15) is 0 Å². The number of ketones is 1. The number of esters is 2. The van der Waals surface area contributed by atoms with E-state index in [1.165, 1.54) is 70.4 Å². The standard InChI is InChI=1S/C28H45NO6S/c1-4-6-7-8-9-10-11-12-13-14-15-16-19-34-28-29-21-25(36-28)27(32)35-22-24(30)20-23(3)17-18-26(31)33-5-2/h17,21H,4-16,18-20,22H2,1-3H3/b23-17+. The molecule has 0 fully saturated rings. The molecule has 204 valence electrons. The molecular formula is C28H45NO6S. The van der Waals surface area contributed by atoms with Gasteiger partial charge in [-0.15, -0.1) is 0 Å². The number of hydrogen-bond acceptors (Lipinski definition) is 8. The fourth-order valence-electron chi connectivity index (χ4n) is 3.65. The van der Waals surface area contributed by atoms with Crippen LogP contribution in [0.3, 0.4) is 0 Å². The van der Waals surface area contributed by atoms with Crippen LogP contribution in [0.2, 0.25) is 0 Å². The smallest absolute Gasteiger partial charge is 0.350 e. The minimum atomic E-state index is -0.589. The second-order valence-corrected chi connectivity index (χ2v) is 10.1. The summed E-state index contributed by atoms with van der Waals surface area (Å²) in [5, 5.41) is 0.439. The van der Waals surface area contributed by atoms with E-state index in [-0.39, 0.29) is 31.2 Å². The maximum absolute atomic E-state index is 12.2. The van der Waals surface area contributed by atoms with Gasteiger partial charge in [0, 0.05) is 6.42 Å². The van der Waals surface area contributed by atoms with Crippen LogP contribution < -0.4 is 4.74 Å². The normalized spacial score (nSPS) is 11.4. The van der Waals surface area contributed by atoms with Gasteiger partial charge < -0.3 is 14.2 Å². The molecule has 0 aromatic carbocycles. The van der Waals surface area contributed by atoms with Crippen LogP contribution in [-0.4, -0.2) is 42.5 Å². The van der Waals surface area contributed by atoms with E-state index in [0.29, 0.717) is 23.3 Å². The first-order valence-electron chi connectivity index (χ1n) is 13.5. The zero-order valence-electron chi connectivity index (χ0n) is 22.5. The number of ether oxygens (including phenoxy) is 3. The van der Waals surface area contributed by atoms with Crippen molar-refractivity contribution in [2.45, 2.75) is 111 Å². The predicted molar refractivity (Wildman–Crippen MR) is 144 cm³/mol. The average Bonchev–Trinajstić information content (AvgIpc) is 3.33. The third-order valence-electron chi connectivity index (χ3n) is 5.67. The van der Waals surface area contributed by atoms with Crippen LogP contribution >= 0.6 is 11.3 Å². The van der Waals surface area contributed by atoms with Gasteiger partial charge in [0.25, 0.3) is 5.19 Å². The summed E-state index contributed by atoms with van der Waals surface area (Å²) in [6, 6.07) is 0. The van der Waals surface area contributed by atoms with Crippen molar-refractivity contribution in [3.05, 3.63) is 22.7 Å². The van der Waals surface area contributed by atoms with Gasteiger partial charge in [-0.1, -0.05) is 101 Å². The number of thiazole rings is 1. The van der Waals surface area contributed by atoms with E-state index in [9.17, 15) is 14.4 Å². The zero-order chi connectivity index (χ0) is 26.4. The molecule has 0 bridgehead atoms. The third-order valence-corrected chi connectivity index (χ3v) is 6.56. The Balaban J connectivity index is 2.11. The Labute approximate surface area is 221 Å². The van der Waals surface area contributed by atoms with Crippen LogP contribution in [0.15, 0.2) is 17.8 Å². The van der Waals surface area contributed by atoms with E-state index < -0.39 is 5.97 Å². The predicted octanol–water partition coefficient (Wildman–Crippen LogP) is 7.24. The molecule has 0 aliphatic rings. The molecule has 0 saturated heterocycles. The van der Waals surface area contributed by atoms with E-state index in [2.05, 4.69) is 11.9 Å². The van der Waals surface area contributed by atoms with Gasteiger partial charge in [-0.25, -0.2) is 9.78 Å². The van der Waals surface area contributed by atoms with Crippen molar-refractivity contribution >= 4 is 29.1 Å². The maximum atomic E-state index is 12.2. The largest absolute Gasteiger partial charge is 0.470 e. The highest BCUT2D eigenvalue weighted by Gasteiger charge is 2.15. The van der Waals surface area contributed by atoms with Crippen molar-refractivity contribution < 1.29 is 28.6 Å². The second kappa shape index (κ2) is 20.9. The van der Waals surface area contributed by atoms with Crippen LogP contribution in [0.4, 0.5) is 0 Å². The number of unbranched alkanes of at least 4 members (excludes halogenated alkanes) is 11. The Bertz CT molecular complexity index is 789. The van der Waals surface area contributed by atoms with Crippen LogP contribution in [0.5, 0.6) is 5.19 Å². The Morgan fingerprint density at radius 1 is 0.889 bits per heavy atom. The number of carbonyl (C=O) groups is 3. The summed E-state index contributed by atoms with van der Waals surface area (Å²) in [5.41, 5.74) is 0.732. The second-order valence-electron chi connectivity index (χ2n) is 9.08. The molecular weight excluding hydrogens is 478 g/mol. The molecule has 0 radical (unpaired) electrons. The molecule has 0 spiro atoms. The van der Waals surface area contributed by atoms with E-state index in [1.807, 2.05) is 0 Å². The van der Waals surface area contributed by atoms with Crippen LogP contribution in [0.25, 0.3) is 0 Å². The molecule has 1 rings (SSSR count). The molecule has 0 amide bonds. The summed E-state index contributed by atoms with van der Waals surface area (Å²) in [4.78, 5) is 40.0. The Kier molecular flexibility index (Phi) is 18.5. The molecule has 0 unspecified atom stereocenters. The van der Waals surface area contributed by atoms with Gasteiger partial charge in [0.2, 0.25) is 0 Å². The first-order valence-corrected chi connectivity index (χ1v) is 14.4. The Morgan fingerprint density at radius 3 is 2.11 bits per heavy atom. The quantitative estimate of drug-likeness (QED) is 0.0898. The summed E-state index contributed by atoms with van der Waals surface area (Å²) >= 11 is 1.12. The fourth-order valence-corrected chi connectivity index (χ4v) is 4.33. The topological polar surface area (TPSA) is 91.8 Å². The summed E-state index contributed by atoms with van der Waals surface area (Å²) in [5.74, 6) is -1.17. The van der Waals surface area contributed by atoms with Crippen LogP contribution in [0, 0.1) is 0 Å². The first kappa shape index (κ1) is 31.8. The summed E-state index contributed by atoms with van der Waals surface area (Å²) < 4.78 is 15.6. The monoisotopic (exact) mass is 523 g/mol. The molecule has 8 heteroatoms. The molecule has 36 heavy (non-hydrogen) atoms. The molecule has 1 heterocycles. The molecule has 0 saturated carbocycles. The van der Waals surface area contributed by atoms with E-state index in [4.69, 9.17) is 14.2 Å². The number of nitrogens with zero attached hydrogens (tertiary/aromatic N) is 1. The number of Topliss-reactive ketones (excluding diaryl/α,β-unsaturated/α-hetero) is 1. The van der Waals surface area contributed by atoms with Crippen LogP contribution in [-0.2, 0) is 19.1 Å². The lowest BCUT2D eigenvalue weighted by Crippen LogP contribution is -2.13. The van der Waals surface area contributed by atoms with Gasteiger partial charge in [-0.3, -0.25) is 9.59 Å². The SMILES string of the molecule is CCCCCCCCCCCCCCOc1ncc(C(=O)OCC(=O)C/C(C)=C/CC(=O)OCC)s1. The van der Waals surface area contributed by atoms with Crippen molar-refractivity contribution in [2.24, 2.45) is 0 Å². The molecule has 1 aromatic heterocycles. The number of hydrogen-bond donors (Lipinski definition) is 0. The van der Waals surface area contributed by atoms with Crippen molar-refractivity contribution in [2.75, 3.05) is 19.8 Å². The van der Waals surface area contributed by atoms with E-state index in [0.717, 1.165) is 29.8 Å². The summed E-state index contributed by atoms with van der Waals surface area (Å²) in [6.07, 6.45) is 18.8. The fraction of sp³-hybridized carbons (Fsp3) is 0.714. The van der Waals surface area contributed by atoms with Crippen molar-refractivity contribution in [3.63, 3.8) is 0 Å². The van der Waals surface area contributed by atoms with E-state index in [1.54, 1.807) is 19.9 Å². The minimum Gasteiger partial charge on any atom is -0.470 e. The lowest BCUT2D eigenvalue weighted by atomic mass is 10.1. The molecule has 7 nitrogen and oxygen atoms in total. The maximum Gasteiger partial charge on any atom is 0.350 e. The lowest BCUT2D eigenvalue weighted by Gasteiger charge is -2.04. The zero-order valence-corrected chi connectivity index (χ0v) is 23.3. The highest BCUT2D eigenvalue weighted by atomic mass is 32.1. The number of aromatic nitrogens is 1. The first-order chi connectivity index (χ1) is 17.5. The summed E-state index contributed by atoms with van der Waals surface area (Å²) in [6.45, 7) is 6.33. The van der Waals surface area contributed by atoms with Crippen molar-refractivity contribution in [1.29, 1.82) is 0 Å². The summed E-state index contributed by atoms with van der Waals surface area (Å²) in [7, 11) is 0. The highest BCUT2D eigenvalue weighted by molar-refractivity contribution is 7.15. The Morgan fingerprint density at radius 2 is 1.50 bits per heavy atom. The van der Waals surface area contributed by atoms with Gasteiger partial charge in [-0.05, 0) is 20.3 Å². The average molecular weight is 524 g/mol. The molecule has 0 aliphatic carbocycles. The van der Waals surface area contributed by atoms with Crippen molar-refractivity contribution in [3.8, 4) is 5.19 Å². The van der Waals surface area contributed by atoms with Crippen LogP contribution in [0.1, 0.15) is 120 Å². The highest BCUT2D eigenvalue weighted by Crippen LogP contribution is 2.22. The molecule has 0 N–H and O–H groups in total. The Hall–Kier alpha value is -2.22. The molecule has 0 aliphatic heterocycles. The van der Waals surface area contributed by atoms with Gasteiger partial charge >= 0.3 is 11.9 Å². The molecule has 0 atom stereocenters. The van der Waals surface area contributed by atoms with Gasteiger partial charge in [0.15, 0.2) is 12.4 Å². The number of carbonyl (C=O) groups excluding carboxylic acids is 3. The van der Waals surface area contributed by atoms with E-state index >= 15 is 0 Å². The van der Waals surface area contributed by atoms with Gasteiger partial charge in [0.1, 0.15) is 4.88 Å². The molecule has 1 aromatic rings. The lowest BCUT2D eigenvalue weighted by molar-refractivity contribution is -0.142.